The van der Waals surface area contributed by atoms with Gasteiger partial charge in [-0.15, -0.1) is 0 Å². The second-order valence-corrected chi connectivity index (χ2v) is 4.30. The van der Waals surface area contributed by atoms with Gasteiger partial charge in [-0.1, -0.05) is 6.92 Å². The number of nitrogens with zero attached hydrogens (tertiary/aromatic N) is 4. The number of aromatic nitrogens is 2. The zero-order valence-electron chi connectivity index (χ0n) is 10.1. The average Bonchev–Trinajstić information content (AvgIpc) is 2.84. The Morgan fingerprint density at radius 3 is 3.11 bits per heavy atom. The molecule has 1 aromatic rings. The molecule has 0 bridgehead atoms. The number of aliphatic carboxylic acids is 1. The highest BCUT2D eigenvalue weighted by molar-refractivity contribution is 5.83. The molecule has 94 valence electrons. The molecule has 0 amide bonds. The van der Waals surface area contributed by atoms with E-state index in [1.54, 1.807) is 4.90 Å². The van der Waals surface area contributed by atoms with Gasteiger partial charge in [0.1, 0.15) is 17.3 Å². The summed E-state index contributed by atoms with van der Waals surface area (Å²) in [6.07, 6.45) is 3.35. The van der Waals surface area contributed by atoms with Gasteiger partial charge in [0.05, 0.1) is 0 Å². The van der Waals surface area contributed by atoms with E-state index in [1.807, 2.05) is 13.0 Å². The van der Waals surface area contributed by atoms with E-state index >= 15 is 0 Å². The molecule has 0 saturated carbocycles. The normalized spacial score (nSPS) is 22.8. The Bertz CT molecular complexity index is 511. The van der Waals surface area contributed by atoms with Crippen LogP contribution in [0.15, 0.2) is 12.3 Å². The second kappa shape index (κ2) is 4.61. The molecule has 2 heterocycles. The van der Waals surface area contributed by atoms with Gasteiger partial charge in [-0.3, -0.25) is 0 Å². The highest BCUT2D eigenvalue weighted by atomic mass is 16.4. The molecule has 6 heteroatoms. The van der Waals surface area contributed by atoms with E-state index in [0.717, 1.165) is 6.42 Å². The average molecular weight is 246 g/mol. The van der Waals surface area contributed by atoms with Gasteiger partial charge in [-0.2, -0.15) is 5.26 Å². The van der Waals surface area contributed by atoms with Crippen molar-refractivity contribution in [1.82, 2.24) is 9.97 Å². The van der Waals surface area contributed by atoms with E-state index in [4.69, 9.17) is 5.26 Å². The zero-order chi connectivity index (χ0) is 13.2. The highest BCUT2D eigenvalue weighted by Crippen LogP contribution is 2.35. The molecule has 0 aliphatic carbocycles. The molecule has 0 aromatic carbocycles. The number of carboxylic acid groups (broad SMARTS) is 1. The van der Waals surface area contributed by atoms with Crippen LogP contribution in [-0.2, 0) is 4.79 Å². The lowest BCUT2D eigenvalue weighted by Gasteiger charge is -2.33. The van der Waals surface area contributed by atoms with Gasteiger partial charge in [-0.05, 0) is 25.3 Å². The van der Waals surface area contributed by atoms with Gasteiger partial charge in [0.25, 0.3) is 0 Å². The minimum absolute atomic E-state index is 0.252. The molecule has 0 radical (unpaired) electrons. The monoisotopic (exact) mass is 246 g/mol. The van der Waals surface area contributed by atoms with E-state index in [2.05, 4.69) is 9.97 Å². The Hall–Kier alpha value is -2.16. The summed E-state index contributed by atoms with van der Waals surface area (Å²) in [7, 11) is 0. The fraction of sp³-hybridized carbons (Fsp3) is 0.500. The molecule has 0 spiro atoms. The Balaban J connectivity index is 2.43. The lowest BCUT2D eigenvalue weighted by atomic mass is 9.93. The summed E-state index contributed by atoms with van der Waals surface area (Å²) >= 11 is 0. The van der Waals surface area contributed by atoms with Crippen LogP contribution in [0.4, 0.5) is 5.95 Å². The number of anilines is 1. The van der Waals surface area contributed by atoms with E-state index in [9.17, 15) is 9.90 Å². The van der Waals surface area contributed by atoms with Gasteiger partial charge < -0.3 is 10.0 Å². The number of hydrogen-bond acceptors (Lipinski definition) is 5. The summed E-state index contributed by atoms with van der Waals surface area (Å²) in [5.41, 5.74) is -0.684. The van der Waals surface area contributed by atoms with Crippen molar-refractivity contribution in [2.45, 2.75) is 31.7 Å². The molecule has 1 N–H and O–H groups in total. The fourth-order valence-corrected chi connectivity index (χ4v) is 2.45. The standard InChI is InChI=1S/C12H14N4O2/c1-2-12(10(17)18)5-3-7-16(12)11-14-6-4-9(8-13)15-11/h4,6H,2-3,5,7H2,1H3,(H,17,18). The zero-order valence-corrected chi connectivity index (χ0v) is 10.1. The number of rotatable bonds is 3. The smallest absolute Gasteiger partial charge is 0.329 e. The van der Waals surface area contributed by atoms with Crippen LogP contribution in [0, 0.1) is 11.3 Å². The van der Waals surface area contributed by atoms with Crippen LogP contribution in [-0.4, -0.2) is 33.1 Å². The van der Waals surface area contributed by atoms with Crippen LogP contribution >= 0.6 is 0 Å². The predicted molar refractivity (Wildman–Crippen MR) is 64.0 cm³/mol. The van der Waals surface area contributed by atoms with Crippen LogP contribution in [0.5, 0.6) is 0 Å². The summed E-state index contributed by atoms with van der Waals surface area (Å²) in [6.45, 7) is 2.45. The summed E-state index contributed by atoms with van der Waals surface area (Å²) in [5.74, 6) is -0.524. The fourth-order valence-electron chi connectivity index (χ4n) is 2.45. The Kier molecular flexibility index (Phi) is 3.15. The van der Waals surface area contributed by atoms with E-state index in [-0.39, 0.29) is 5.69 Å². The van der Waals surface area contributed by atoms with E-state index in [1.165, 1.54) is 12.3 Å². The van der Waals surface area contributed by atoms with Crippen LogP contribution in [0.1, 0.15) is 31.9 Å². The topological polar surface area (TPSA) is 90.1 Å². The third kappa shape index (κ3) is 1.78. The molecule has 1 saturated heterocycles. The minimum Gasteiger partial charge on any atom is -0.479 e. The van der Waals surface area contributed by atoms with Crippen molar-refractivity contribution < 1.29 is 9.90 Å². The predicted octanol–water partition coefficient (Wildman–Crippen LogP) is 1.18. The van der Waals surface area contributed by atoms with Crippen molar-refractivity contribution in [2.24, 2.45) is 0 Å². The maximum Gasteiger partial charge on any atom is 0.329 e. The molecule has 2 rings (SSSR count). The van der Waals surface area contributed by atoms with Gasteiger partial charge in [0.15, 0.2) is 0 Å². The summed E-state index contributed by atoms with van der Waals surface area (Å²) < 4.78 is 0. The number of hydrogen-bond donors (Lipinski definition) is 1. The van der Waals surface area contributed by atoms with Crippen molar-refractivity contribution >= 4 is 11.9 Å². The molecule has 1 aliphatic heterocycles. The summed E-state index contributed by atoms with van der Waals surface area (Å²) in [5, 5.41) is 18.3. The Morgan fingerprint density at radius 2 is 2.50 bits per heavy atom. The first-order valence-corrected chi connectivity index (χ1v) is 5.88. The molecule has 1 atom stereocenters. The van der Waals surface area contributed by atoms with Gasteiger partial charge in [-0.25, -0.2) is 14.8 Å². The maximum atomic E-state index is 11.5. The van der Waals surface area contributed by atoms with Gasteiger partial charge in [0, 0.05) is 12.7 Å². The number of nitriles is 1. The first-order chi connectivity index (χ1) is 8.64. The molecule has 6 nitrogen and oxygen atoms in total. The lowest BCUT2D eigenvalue weighted by Crippen LogP contribution is -2.51. The lowest BCUT2D eigenvalue weighted by molar-refractivity contribution is -0.143. The second-order valence-electron chi connectivity index (χ2n) is 4.30. The van der Waals surface area contributed by atoms with Crippen LogP contribution in [0.3, 0.4) is 0 Å². The van der Waals surface area contributed by atoms with Crippen LogP contribution < -0.4 is 4.90 Å². The van der Waals surface area contributed by atoms with Crippen molar-refractivity contribution in [3.05, 3.63) is 18.0 Å². The quantitative estimate of drug-likeness (QED) is 0.861. The number of carbonyl (C=O) groups is 1. The highest BCUT2D eigenvalue weighted by Gasteiger charge is 2.47. The molecule has 1 aliphatic rings. The summed E-state index contributed by atoms with van der Waals surface area (Å²) in [4.78, 5) is 21.4. The first kappa shape index (κ1) is 12.3. The molecule has 1 aromatic heterocycles. The van der Waals surface area contributed by atoms with E-state index < -0.39 is 11.5 Å². The molecule has 1 fully saturated rings. The van der Waals surface area contributed by atoms with Gasteiger partial charge >= 0.3 is 5.97 Å². The summed E-state index contributed by atoms with van der Waals surface area (Å²) in [6, 6.07) is 3.45. The van der Waals surface area contributed by atoms with E-state index in [0.29, 0.717) is 25.3 Å². The molecule has 18 heavy (non-hydrogen) atoms. The third-order valence-electron chi connectivity index (χ3n) is 3.47. The maximum absolute atomic E-state index is 11.5. The van der Waals surface area contributed by atoms with Crippen molar-refractivity contribution in [1.29, 1.82) is 5.26 Å². The van der Waals surface area contributed by atoms with Crippen molar-refractivity contribution in [3.63, 3.8) is 0 Å². The molecular formula is C12H14N4O2. The van der Waals surface area contributed by atoms with Crippen LogP contribution in [0.2, 0.25) is 0 Å². The van der Waals surface area contributed by atoms with Crippen molar-refractivity contribution in [2.75, 3.05) is 11.4 Å². The minimum atomic E-state index is -0.936. The van der Waals surface area contributed by atoms with Crippen molar-refractivity contribution in [3.8, 4) is 6.07 Å². The molecular weight excluding hydrogens is 232 g/mol. The van der Waals surface area contributed by atoms with Crippen LogP contribution in [0.25, 0.3) is 0 Å². The molecule has 1 unspecified atom stereocenters. The first-order valence-electron chi connectivity index (χ1n) is 5.88. The Labute approximate surface area is 105 Å². The Morgan fingerprint density at radius 1 is 1.72 bits per heavy atom. The largest absolute Gasteiger partial charge is 0.479 e. The third-order valence-corrected chi connectivity index (χ3v) is 3.47. The SMILES string of the molecule is CCC1(C(=O)O)CCCN1c1nccc(C#N)n1. The van der Waals surface area contributed by atoms with Gasteiger partial charge in [0.2, 0.25) is 5.95 Å². The number of carboxylic acids is 1.